The van der Waals surface area contributed by atoms with Gasteiger partial charge in [-0.15, -0.1) is 0 Å². The van der Waals surface area contributed by atoms with Gasteiger partial charge in [0.15, 0.2) is 5.96 Å². The van der Waals surface area contributed by atoms with E-state index in [1.54, 1.807) is 0 Å². The van der Waals surface area contributed by atoms with E-state index in [1.807, 2.05) is 12.1 Å². The van der Waals surface area contributed by atoms with Gasteiger partial charge in [0, 0.05) is 26.2 Å². The van der Waals surface area contributed by atoms with E-state index in [0.717, 1.165) is 44.2 Å². The minimum Gasteiger partial charge on any atom is -0.367 e. The Hall–Kier alpha value is -1.66. The molecule has 0 aliphatic carbocycles. The van der Waals surface area contributed by atoms with E-state index in [2.05, 4.69) is 35.9 Å². The Morgan fingerprint density at radius 2 is 2.00 bits per heavy atom. The first-order valence-electron chi connectivity index (χ1n) is 10.8. The van der Waals surface area contributed by atoms with Crippen LogP contribution in [0.3, 0.4) is 0 Å². The standard InChI is InChI=1S/C22H35FN4O/c1-4-11-26-12-10-18(15-26)13-25-22(24-5-2)27-14-17(3)28-21(16-27)19-6-8-20(23)9-7-19/h6-9,17-18,21H,4-5,10-16H2,1-3H3,(H,24,25). The maximum absolute atomic E-state index is 13.3. The van der Waals surface area contributed by atoms with E-state index in [-0.39, 0.29) is 18.0 Å². The molecular weight excluding hydrogens is 355 g/mol. The molecule has 0 radical (unpaired) electrons. The summed E-state index contributed by atoms with van der Waals surface area (Å²) in [4.78, 5) is 9.83. The van der Waals surface area contributed by atoms with Crippen molar-refractivity contribution in [3.05, 3.63) is 35.6 Å². The number of likely N-dealkylation sites (tertiary alicyclic amines) is 1. The topological polar surface area (TPSA) is 40.1 Å². The number of hydrogen-bond donors (Lipinski definition) is 1. The van der Waals surface area contributed by atoms with Crippen molar-refractivity contribution in [2.75, 3.05) is 45.8 Å². The Morgan fingerprint density at radius 3 is 2.71 bits per heavy atom. The third-order valence-corrected chi connectivity index (χ3v) is 5.55. The summed E-state index contributed by atoms with van der Waals surface area (Å²) in [6, 6.07) is 6.65. The molecule has 1 aromatic carbocycles. The summed E-state index contributed by atoms with van der Waals surface area (Å²) in [6.45, 7) is 13.3. The molecule has 6 heteroatoms. The van der Waals surface area contributed by atoms with Gasteiger partial charge in [-0.25, -0.2) is 4.39 Å². The highest BCUT2D eigenvalue weighted by Crippen LogP contribution is 2.26. The van der Waals surface area contributed by atoms with Crippen molar-refractivity contribution in [2.24, 2.45) is 10.9 Å². The fourth-order valence-electron chi connectivity index (χ4n) is 4.21. The molecule has 0 bridgehead atoms. The van der Waals surface area contributed by atoms with Crippen LogP contribution in [-0.2, 0) is 4.74 Å². The lowest BCUT2D eigenvalue weighted by atomic mass is 10.1. The first kappa shape index (κ1) is 21.1. The lowest BCUT2D eigenvalue weighted by Crippen LogP contribution is -2.50. The normalized spacial score (nSPS) is 26.6. The van der Waals surface area contributed by atoms with Crippen LogP contribution in [-0.4, -0.2) is 67.7 Å². The highest BCUT2D eigenvalue weighted by molar-refractivity contribution is 5.80. The van der Waals surface area contributed by atoms with Gasteiger partial charge < -0.3 is 19.9 Å². The minimum atomic E-state index is -0.215. The third kappa shape index (κ3) is 5.67. The SMILES string of the molecule is CCCN1CCC(CN=C(NCC)N2CC(C)OC(c3ccc(F)cc3)C2)C1. The lowest BCUT2D eigenvalue weighted by molar-refractivity contribution is -0.0605. The summed E-state index contributed by atoms with van der Waals surface area (Å²) in [5.74, 6) is 1.40. The van der Waals surface area contributed by atoms with Crippen molar-refractivity contribution in [3.63, 3.8) is 0 Å². The zero-order valence-electron chi connectivity index (χ0n) is 17.5. The highest BCUT2D eigenvalue weighted by Gasteiger charge is 2.29. The van der Waals surface area contributed by atoms with Crippen molar-refractivity contribution in [2.45, 2.75) is 45.8 Å². The van der Waals surface area contributed by atoms with E-state index in [4.69, 9.17) is 9.73 Å². The fraction of sp³-hybridized carbons (Fsp3) is 0.682. The quantitative estimate of drug-likeness (QED) is 0.598. The van der Waals surface area contributed by atoms with Gasteiger partial charge in [-0.3, -0.25) is 4.99 Å². The zero-order valence-corrected chi connectivity index (χ0v) is 17.5. The second-order valence-corrected chi connectivity index (χ2v) is 8.04. The van der Waals surface area contributed by atoms with Crippen LogP contribution in [0.1, 0.15) is 45.3 Å². The van der Waals surface area contributed by atoms with Crippen molar-refractivity contribution in [1.82, 2.24) is 15.1 Å². The molecule has 0 saturated carbocycles. The first-order valence-corrected chi connectivity index (χ1v) is 10.8. The van der Waals surface area contributed by atoms with Gasteiger partial charge in [0.05, 0.1) is 12.6 Å². The van der Waals surface area contributed by atoms with E-state index >= 15 is 0 Å². The highest BCUT2D eigenvalue weighted by atomic mass is 19.1. The molecule has 3 rings (SSSR count). The summed E-state index contributed by atoms with van der Waals surface area (Å²) in [5.41, 5.74) is 1.01. The third-order valence-electron chi connectivity index (χ3n) is 5.55. The molecule has 0 amide bonds. The molecule has 3 atom stereocenters. The smallest absolute Gasteiger partial charge is 0.194 e. The number of halogens is 1. The molecule has 2 aliphatic rings. The van der Waals surface area contributed by atoms with Crippen LogP contribution < -0.4 is 5.32 Å². The second kappa shape index (κ2) is 10.2. The van der Waals surface area contributed by atoms with Crippen LogP contribution in [0.4, 0.5) is 4.39 Å². The number of morpholine rings is 1. The summed E-state index contributed by atoms with van der Waals surface area (Å²) in [5, 5.41) is 3.46. The van der Waals surface area contributed by atoms with Crippen LogP contribution in [0.15, 0.2) is 29.3 Å². The predicted octanol–water partition coefficient (Wildman–Crippen LogP) is 3.28. The molecule has 156 valence electrons. The molecular formula is C22H35FN4O. The van der Waals surface area contributed by atoms with Gasteiger partial charge in [0.1, 0.15) is 11.9 Å². The van der Waals surface area contributed by atoms with Crippen molar-refractivity contribution in [3.8, 4) is 0 Å². The molecule has 2 saturated heterocycles. The van der Waals surface area contributed by atoms with E-state index in [9.17, 15) is 4.39 Å². The second-order valence-electron chi connectivity index (χ2n) is 8.04. The van der Waals surface area contributed by atoms with Gasteiger partial charge in [0.2, 0.25) is 0 Å². The van der Waals surface area contributed by atoms with Crippen molar-refractivity contribution in [1.29, 1.82) is 0 Å². The summed E-state index contributed by atoms with van der Waals surface area (Å²) in [7, 11) is 0. The monoisotopic (exact) mass is 390 g/mol. The minimum absolute atomic E-state index is 0.0697. The van der Waals surface area contributed by atoms with E-state index < -0.39 is 0 Å². The maximum atomic E-state index is 13.3. The molecule has 2 aliphatic heterocycles. The molecule has 28 heavy (non-hydrogen) atoms. The number of ether oxygens (including phenoxy) is 1. The Kier molecular flexibility index (Phi) is 7.68. The van der Waals surface area contributed by atoms with Gasteiger partial charge in [-0.05, 0) is 63.4 Å². The van der Waals surface area contributed by atoms with Crippen molar-refractivity contribution < 1.29 is 9.13 Å². The summed E-state index contributed by atoms with van der Waals surface area (Å²) in [6.07, 6.45) is 2.48. The van der Waals surface area contributed by atoms with Crippen molar-refractivity contribution >= 4 is 5.96 Å². The average molecular weight is 391 g/mol. The number of hydrogen-bond acceptors (Lipinski definition) is 3. The molecule has 0 spiro atoms. The Morgan fingerprint density at radius 1 is 1.21 bits per heavy atom. The molecule has 2 heterocycles. The van der Waals surface area contributed by atoms with Crippen LogP contribution in [0.2, 0.25) is 0 Å². The zero-order chi connectivity index (χ0) is 19.9. The number of guanidine groups is 1. The maximum Gasteiger partial charge on any atom is 0.194 e. The number of nitrogens with zero attached hydrogens (tertiary/aromatic N) is 3. The van der Waals surface area contributed by atoms with E-state index in [0.29, 0.717) is 5.92 Å². The predicted molar refractivity (Wildman–Crippen MR) is 112 cm³/mol. The Balaban J connectivity index is 1.65. The number of nitrogens with one attached hydrogen (secondary N) is 1. The van der Waals surface area contributed by atoms with Crippen LogP contribution in [0.25, 0.3) is 0 Å². The summed E-state index contributed by atoms with van der Waals surface area (Å²) >= 11 is 0. The number of benzene rings is 1. The average Bonchev–Trinajstić information content (AvgIpc) is 3.13. The Labute approximate surface area is 169 Å². The molecule has 2 fully saturated rings. The molecule has 1 N–H and O–H groups in total. The van der Waals surface area contributed by atoms with Gasteiger partial charge >= 0.3 is 0 Å². The van der Waals surface area contributed by atoms with Gasteiger partial charge in [-0.2, -0.15) is 0 Å². The lowest BCUT2D eigenvalue weighted by Gasteiger charge is -2.39. The largest absolute Gasteiger partial charge is 0.367 e. The van der Waals surface area contributed by atoms with Crippen LogP contribution in [0.5, 0.6) is 0 Å². The number of aliphatic imine (C=N–C) groups is 1. The number of rotatable bonds is 6. The first-order chi connectivity index (χ1) is 13.6. The van der Waals surface area contributed by atoms with Gasteiger partial charge in [-0.1, -0.05) is 19.1 Å². The van der Waals surface area contributed by atoms with Gasteiger partial charge in [0.25, 0.3) is 0 Å². The van der Waals surface area contributed by atoms with E-state index in [1.165, 1.54) is 38.1 Å². The molecule has 3 unspecified atom stereocenters. The van der Waals surface area contributed by atoms with Crippen LogP contribution >= 0.6 is 0 Å². The Bertz CT molecular complexity index is 636. The summed E-state index contributed by atoms with van der Waals surface area (Å²) < 4.78 is 19.4. The van der Waals surface area contributed by atoms with Crippen LogP contribution in [0, 0.1) is 11.7 Å². The molecule has 5 nitrogen and oxygen atoms in total. The fourth-order valence-corrected chi connectivity index (χ4v) is 4.21. The molecule has 0 aromatic heterocycles. The molecule has 1 aromatic rings.